The predicted octanol–water partition coefficient (Wildman–Crippen LogP) is 0.906. The number of amides is 1. The minimum absolute atomic E-state index is 0.0275. The van der Waals surface area contributed by atoms with Crippen molar-refractivity contribution in [2.45, 2.75) is 13.5 Å². The largest absolute Gasteiger partial charge is 0.493 e. The average Bonchev–Trinajstić information content (AvgIpc) is 2.85. The van der Waals surface area contributed by atoms with Crippen LogP contribution >= 0.6 is 0 Å². The maximum atomic E-state index is 11.9. The van der Waals surface area contributed by atoms with Gasteiger partial charge in [-0.25, -0.2) is 9.67 Å². The lowest BCUT2D eigenvalue weighted by atomic mass is 10.2. The zero-order valence-electron chi connectivity index (χ0n) is 11.9. The normalized spacial score (nSPS) is 10.2. The number of methoxy groups -OCH3 is 1. The highest BCUT2D eigenvalue weighted by molar-refractivity contribution is 5.90. The van der Waals surface area contributed by atoms with Gasteiger partial charge >= 0.3 is 0 Å². The fraction of sp³-hybridized carbons (Fsp3) is 0.308. The summed E-state index contributed by atoms with van der Waals surface area (Å²) in [7, 11) is 1.54. The van der Waals surface area contributed by atoms with Crippen molar-refractivity contribution < 1.29 is 14.3 Å². The standard InChI is InChI=1S/C13H17N5O3/c1-3-21-10-5-4-9(6-11(10)20-2)16-12(19)7-18-8-15-13(14)17-18/h4-6,8H,3,7H2,1-2H3,(H2,14,17)(H,16,19). The number of nitrogens with zero attached hydrogens (tertiary/aromatic N) is 3. The third-order valence-corrected chi connectivity index (χ3v) is 2.61. The van der Waals surface area contributed by atoms with E-state index in [-0.39, 0.29) is 18.4 Å². The number of nitrogens with one attached hydrogen (secondary N) is 1. The number of benzene rings is 1. The zero-order valence-corrected chi connectivity index (χ0v) is 11.9. The number of nitrogen functional groups attached to an aromatic ring is 1. The highest BCUT2D eigenvalue weighted by Crippen LogP contribution is 2.30. The van der Waals surface area contributed by atoms with Gasteiger partial charge in [0.15, 0.2) is 11.5 Å². The van der Waals surface area contributed by atoms with E-state index in [1.165, 1.54) is 11.0 Å². The van der Waals surface area contributed by atoms with Crippen LogP contribution in [0.25, 0.3) is 0 Å². The van der Waals surface area contributed by atoms with Crippen molar-refractivity contribution in [2.24, 2.45) is 0 Å². The molecule has 1 aromatic heterocycles. The molecule has 0 unspecified atom stereocenters. The fourth-order valence-electron chi connectivity index (χ4n) is 1.75. The van der Waals surface area contributed by atoms with Crippen LogP contribution in [0.15, 0.2) is 24.5 Å². The van der Waals surface area contributed by atoms with Crippen LogP contribution in [0.3, 0.4) is 0 Å². The van der Waals surface area contributed by atoms with Crippen molar-refractivity contribution in [1.29, 1.82) is 0 Å². The molecule has 3 N–H and O–H groups in total. The van der Waals surface area contributed by atoms with Crippen LogP contribution in [0.4, 0.5) is 11.6 Å². The van der Waals surface area contributed by atoms with Gasteiger partial charge in [0.25, 0.3) is 0 Å². The summed E-state index contributed by atoms with van der Waals surface area (Å²) in [6, 6.07) is 5.17. The Morgan fingerprint density at radius 1 is 1.43 bits per heavy atom. The number of hydrogen-bond acceptors (Lipinski definition) is 6. The molecule has 0 saturated carbocycles. The van der Waals surface area contributed by atoms with Crippen molar-refractivity contribution in [1.82, 2.24) is 14.8 Å². The second-order valence-corrected chi connectivity index (χ2v) is 4.15. The first kappa shape index (κ1) is 14.6. The molecule has 0 aliphatic heterocycles. The van der Waals surface area contributed by atoms with Gasteiger partial charge in [-0.05, 0) is 19.1 Å². The Morgan fingerprint density at radius 2 is 2.24 bits per heavy atom. The molecule has 0 radical (unpaired) electrons. The van der Waals surface area contributed by atoms with Crippen LogP contribution in [0, 0.1) is 0 Å². The first-order valence-electron chi connectivity index (χ1n) is 6.38. The number of rotatable bonds is 6. The van der Waals surface area contributed by atoms with Crippen molar-refractivity contribution >= 4 is 17.5 Å². The number of anilines is 2. The van der Waals surface area contributed by atoms with Crippen molar-refractivity contribution in [3.05, 3.63) is 24.5 Å². The molecular weight excluding hydrogens is 274 g/mol. The lowest BCUT2D eigenvalue weighted by molar-refractivity contribution is -0.116. The minimum atomic E-state index is -0.244. The lowest BCUT2D eigenvalue weighted by Gasteiger charge is -2.11. The van der Waals surface area contributed by atoms with Gasteiger partial charge < -0.3 is 20.5 Å². The Labute approximate surface area is 121 Å². The summed E-state index contributed by atoms with van der Waals surface area (Å²) in [4.78, 5) is 15.6. The Kier molecular flexibility index (Phi) is 4.60. The summed E-state index contributed by atoms with van der Waals surface area (Å²) in [5.74, 6) is 1.07. The summed E-state index contributed by atoms with van der Waals surface area (Å²) in [5, 5.41) is 6.58. The fourth-order valence-corrected chi connectivity index (χ4v) is 1.75. The molecule has 2 rings (SSSR count). The van der Waals surface area contributed by atoms with Crippen LogP contribution in [0.5, 0.6) is 11.5 Å². The minimum Gasteiger partial charge on any atom is -0.493 e. The Hall–Kier alpha value is -2.77. The molecule has 21 heavy (non-hydrogen) atoms. The Balaban J connectivity index is 2.03. The van der Waals surface area contributed by atoms with Crippen molar-refractivity contribution in [3.8, 4) is 11.5 Å². The monoisotopic (exact) mass is 291 g/mol. The Bertz CT molecular complexity index is 626. The van der Waals surface area contributed by atoms with Crippen molar-refractivity contribution in [2.75, 3.05) is 24.8 Å². The van der Waals surface area contributed by atoms with Crippen molar-refractivity contribution in [3.63, 3.8) is 0 Å². The first-order chi connectivity index (χ1) is 10.1. The maximum absolute atomic E-state index is 11.9. The molecule has 8 nitrogen and oxygen atoms in total. The highest BCUT2D eigenvalue weighted by Gasteiger charge is 2.09. The average molecular weight is 291 g/mol. The van der Waals surface area contributed by atoms with Crippen LogP contribution in [-0.4, -0.2) is 34.4 Å². The first-order valence-corrected chi connectivity index (χ1v) is 6.38. The van der Waals surface area contributed by atoms with E-state index in [9.17, 15) is 4.79 Å². The molecule has 1 aromatic carbocycles. The summed E-state index contributed by atoms with van der Waals surface area (Å²) >= 11 is 0. The summed E-state index contributed by atoms with van der Waals surface area (Å²) in [5.41, 5.74) is 5.99. The van der Waals surface area contributed by atoms with Gasteiger partial charge in [-0.1, -0.05) is 0 Å². The van der Waals surface area contributed by atoms with E-state index < -0.39 is 0 Å². The quantitative estimate of drug-likeness (QED) is 0.819. The third kappa shape index (κ3) is 3.85. The second kappa shape index (κ2) is 6.60. The number of aromatic nitrogens is 3. The maximum Gasteiger partial charge on any atom is 0.246 e. The summed E-state index contributed by atoms with van der Waals surface area (Å²) < 4.78 is 12.0. The number of ether oxygens (including phenoxy) is 2. The van der Waals surface area contributed by atoms with Crippen LogP contribution in [-0.2, 0) is 11.3 Å². The van der Waals surface area contributed by atoms with Gasteiger partial charge in [0.1, 0.15) is 12.9 Å². The predicted molar refractivity (Wildman–Crippen MR) is 77.2 cm³/mol. The number of nitrogens with two attached hydrogens (primary N) is 1. The van der Waals surface area contributed by atoms with E-state index >= 15 is 0 Å². The molecule has 112 valence electrons. The smallest absolute Gasteiger partial charge is 0.246 e. The van der Waals surface area contributed by atoms with E-state index in [1.54, 1.807) is 25.3 Å². The van der Waals surface area contributed by atoms with Gasteiger partial charge in [0.05, 0.1) is 13.7 Å². The summed E-state index contributed by atoms with van der Waals surface area (Å²) in [6.07, 6.45) is 1.40. The molecule has 0 aliphatic carbocycles. The molecule has 0 spiro atoms. The van der Waals surface area contributed by atoms with Crippen LogP contribution < -0.4 is 20.5 Å². The van der Waals surface area contributed by atoms with E-state index in [2.05, 4.69) is 15.4 Å². The molecule has 0 fully saturated rings. The van der Waals surface area contributed by atoms with Gasteiger partial charge in [0, 0.05) is 11.8 Å². The highest BCUT2D eigenvalue weighted by atomic mass is 16.5. The molecule has 1 amide bonds. The molecule has 0 bridgehead atoms. The number of hydrogen-bond donors (Lipinski definition) is 2. The Morgan fingerprint density at radius 3 is 2.86 bits per heavy atom. The van der Waals surface area contributed by atoms with E-state index in [0.29, 0.717) is 23.8 Å². The molecular formula is C13H17N5O3. The molecule has 2 aromatic rings. The SMILES string of the molecule is CCOc1ccc(NC(=O)Cn2cnc(N)n2)cc1OC. The van der Waals surface area contributed by atoms with E-state index in [1.807, 2.05) is 6.92 Å². The molecule has 8 heteroatoms. The molecule has 0 saturated heterocycles. The van der Waals surface area contributed by atoms with Gasteiger partial charge in [-0.3, -0.25) is 4.79 Å². The second-order valence-electron chi connectivity index (χ2n) is 4.15. The topological polar surface area (TPSA) is 104 Å². The third-order valence-electron chi connectivity index (χ3n) is 2.61. The van der Waals surface area contributed by atoms with Gasteiger partial charge in [0.2, 0.25) is 11.9 Å². The van der Waals surface area contributed by atoms with Crippen LogP contribution in [0.1, 0.15) is 6.92 Å². The number of carbonyl (C=O) groups excluding carboxylic acids is 1. The number of carbonyl (C=O) groups is 1. The molecule has 1 heterocycles. The van der Waals surface area contributed by atoms with Crippen LogP contribution in [0.2, 0.25) is 0 Å². The van der Waals surface area contributed by atoms with Gasteiger partial charge in [-0.15, -0.1) is 5.10 Å². The lowest BCUT2D eigenvalue weighted by Crippen LogP contribution is -2.19. The summed E-state index contributed by atoms with van der Waals surface area (Å²) in [6.45, 7) is 2.45. The molecule has 0 aliphatic rings. The zero-order chi connectivity index (χ0) is 15.2. The van der Waals surface area contributed by atoms with Gasteiger partial charge in [-0.2, -0.15) is 0 Å². The van der Waals surface area contributed by atoms with E-state index in [0.717, 1.165) is 0 Å². The van der Waals surface area contributed by atoms with E-state index in [4.69, 9.17) is 15.2 Å². The molecule has 0 atom stereocenters.